The molecule has 2 aromatic carbocycles. The smallest absolute Gasteiger partial charge is 0.319 e. The molecule has 0 atom stereocenters. The van der Waals surface area contributed by atoms with E-state index >= 15 is 0 Å². The Labute approximate surface area is 160 Å². The normalized spacial score (nSPS) is 14.9. The number of anilines is 1. The molecule has 2 amide bonds. The molecule has 144 valence electrons. The second-order valence-electron chi connectivity index (χ2n) is 6.86. The lowest BCUT2D eigenvalue weighted by Gasteiger charge is -2.43. The summed E-state index contributed by atoms with van der Waals surface area (Å²) in [6.45, 7) is 0.434. The third-order valence-electron chi connectivity index (χ3n) is 5.07. The van der Waals surface area contributed by atoms with Crippen molar-refractivity contribution >= 4 is 11.7 Å². The Kier molecular flexibility index (Phi) is 4.77. The summed E-state index contributed by atoms with van der Waals surface area (Å²) in [4.78, 5) is 16.6. The molecular formula is C20H19F2N5O. The van der Waals surface area contributed by atoms with Gasteiger partial charge in [0.25, 0.3) is 0 Å². The van der Waals surface area contributed by atoms with Gasteiger partial charge in [-0.05, 0) is 43.0 Å². The lowest BCUT2D eigenvalue weighted by atomic mass is 9.71. The molecule has 0 unspecified atom stereocenters. The van der Waals surface area contributed by atoms with Gasteiger partial charge in [-0.1, -0.05) is 24.3 Å². The lowest BCUT2D eigenvalue weighted by molar-refractivity contribution is 0.175. The van der Waals surface area contributed by atoms with Crippen molar-refractivity contribution in [1.29, 1.82) is 0 Å². The van der Waals surface area contributed by atoms with Gasteiger partial charge in [0.05, 0.1) is 12.1 Å². The number of benzene rings is 2. The first-order chi connectivity index (χ1) is 13.6. The van der Waals surface area contributed by atoms with Crippen LogP contribution in [0.2, 0.25) is 0 Å². The molecule has 0 saturated heterocycles. The summed E-state index contributed by atoms with van der Waals surface area (Å²) in [5.74, 6) is -1.29. The molecule has 4 rings (SSSR count). The number of nitrogens with zero attached hydrogens (tertiary/aromatic N) is 3. The van der Waals surface area contributed by atoms with Crippen molar-refractivity contribution in [2.24, 2.45) is 0 Å². The molecule has 2 N–H and O–H groups in total. The highest BCUT2D eigenvalue weighted by molar-refractivity contribution is 5.90. The Hall–Kier alpha value is -3.29. The van der Waals surface area contributed by atoms with E-state index in [0.29, 0.717) is 25.1 Å². The highest BCUT2D eigenvalue weighted by atomic mass is 19.1. The predicted octanol–water partition coefficient (Wildman–Crippen LogP) is 3.81. The largest absolute Gasteiger partial charge is 0.328 e. The first-order valence-corrected chi connectivity index (χ1v) is 9.01. The van der Waals surface area contributed by atoms with Gasteiger partial charge >= 0.3 is 6.03 Å². The van der Waals surface area contributed by atoms with Crippen molar-refractivity contribution in [2.45, 2.75) is 31.3 Å². The molecule has 1 aliphatic carbocycles. The molecule has 1 fully saturated rings. The van der Waals surface area contributed by atoms with Crippen LogP contribution in [0.25, 0.3) is 0 Å². The molecular weight excluding hydrogens is 364 g/mol. The first-order valence-electron chi connectivity index (χ1n) is 9.01. The summed E-state index contributed by atoms with van der Waals surface area (Å²) in [7, 11) is 0. The van der Waals surface area contributed by atoms with Crippen LogP contribution < -0.4 is 10.6 Å². The summed E-state index contributed by atoms with van der Waals surface area (Å²) < 4.78 is 30.2. The van der Waals surface area contributed by atoms with E-state index in [1.165, 1.54) is 24.5 Å². The van der Waals surface area contributed by atoms with Crippen LogP contribution in [0.1, 0.15) is 30.4 Å². The second-order valence-corrected chi connectivity index (χ2v) is 6.86. The van der Waals surface area contributed by atoms with E-state index in [1.54, 1.807) is 23.1 Å². The Morgan fingerprint density at radius 3 is 2.50 bits per heavy atom. The number of urea groups is 1. The molecule has 8 heteroatoms. The standard InChI is InChI=1S/C20H19F2N5O/c21-15-6-3-7-16(22)18(15)20(9-4-10-20)26-19(28)25-17-8-2-1-5-14(17)11-27-13-23-12-24-27/h1-3,5-8,12-13H,4,9-11H2,(H2,25,26,28). The fraction of sp³-hybridized carbons (Fsp3) is 0.250. The van der Waals surface area contributed by atoms with Gasteiger partial charge in [0, 0.05) is 11.3 Å². The molecule has 1 aromatic heterocycles. The van der Waals surface area contributed by atoms with Crippen molar-refractivity contribution < 1.29 is 13.6 Å². The quantitative estimate of drug-likeness (QED) is 0.704. The number of halogens is 2. The number of para-hydroxylation sites is 1. The monoisotopic (exact) mass is 383 g/mol. The van der Waals surface area contributed by atoms with E-state index in [4.69, 9.17) is 0 Å². The maximum absolute atomic E-state index is 14.3. The molecule has 1 aliphatic rings. The summed E-state index contributed by atoms with van der Waals surface area (Å²) in [5, 5.41) is 9.66. The summed E-state index contributed by atoms with van der Waals surface area (Å²) in [6, 6.07) is 10.5. The summed E-state index contributed by atoms with van der Waals surface area (Å²) in [6.07, 6.45) is 4.78. The van der Waals surface area contributed by atoms with E-state index in [9.17, 15) is 13.6 Å². The predicted molar refractivity (Wildman–Crippen MR) is 99.6 cm³/mol. The van der Waals surface area contributed by atoms with Crippen LogP contribution in [-0.2, 0) is 12.1 Å². The van der Waals surface area contributed by atoms with Crippen molar-refractivity contribution in [1.82, 2.24) is 20.1 Å². The molecule has 0 spiro atoms. The van der Waals surface area contributed by atoms with E-state index < -0.39 is 23.2 Å². The van der Waals surface area contributed by atoms with Crippen LogP contribution in [-0.4, -0.2) is 20.8 Å². The van der Waals surface area contributed by atoms with E-state index in [2.05, 4.69) is 20.7 Å². The number of nitrogens with one attached hydrogen (secondary N) is 2. The van der Waals surface area contributed by atoms with Gasteiger partial charge < -0.3 is 10.6 Å². The van der Waals surface area contributed by atoms with Gasteiger partial charge in [0.2, 0.25) is 0 Å². The van der Waals surface area contributed by atoms with Crippen molar-refractivity contribution in [3.63, 3.8) is 0 Å². The Morgan fingerprint density at radius 2 is 1.86 bits per heavy atom. The van der Waals surface area contributed by atoms with E-state index in [0.717, 1.165) is 12.0 Å². The van der Waals surface area contributed by atoms with Gasteiger partial charge in [0.15, 0.2) is 0 Å². The van der Waals surface area contributed by atoms with Gasteiger partial charge in [-0.3, -0.25) is 0 Å². The number of aromatic nitrogens is 3. The minimum Gasteiger partial charge on any atom is -0.328 e. The minimum absolute atomic E-state index is 0.0766. The van der Waals surface area contributed by atoms with Crippen LogP contribution in [0.15, 0.2) is 55.1 Å². The topological polar surface area (TPSA) is 71.8 Å². The number of hydrogen-bond acceptors (Lipinski definition) is 3. The van der Waals surface area contributed by atoms with Gasteiger partial charge in [0.1, 0.15) is 24.3 Å². The zero-order chi connectivity index (χ0) is 19.6. The Bertz CT molecular complexity index is 966. The zero-order valence-corrected chi connectivity index (χ0v) is 15.0. The fourth-order valence-electron chi connectivity index (χ4n) is 3.56. The second kappa shape index (κ2) is 7.38. The third kappa shape index (κ3) is 3.45. The van der Waals surface area contributed by atoms with Gasteiger partial charge in [-0.25, -0.2) is 23.2 Å². The Balaban J connectivity index is 1.53. The average Bonchev–Trinajstić information content (AvgIpc) is 3.14. The molecule has 1 saturated carbocycles. The number of carbonyl (C=O) groups is 1. The maximum atomic E-state index is 14.3. The molecule has 0 radical (unpaired) electrons. The van der Waals surface area contributed by atoms with Crippen LogP contribution in [0, 0.1) is 11.6 Å². The zero-order valence-electron chi connectivity index (χ0n) is 15.0. The molecule has 1 heterocycles. The van der Waals surface area contributed by atoms with Crippen LogP contribution in [0.5, 0.6) is 0 Å². The van der Waals surface area contributed by atoms with Crippen molar-refractivity contribution in [3.05, 3.63) is 77.9 Å². The summed E-state index contributed by atoms with van der Waals surface area (Å²) >= 11 is 0. The fourth-order valence-corrected chi connectivity index (χ4v) is 3.56. The number of rotatable bonds is 5. The van der Waals surface area contributed by atoms with Crippen LogP contribution >= 0.6 is 0 Å². The van der Waals surface area contributed by atoms with Gasteiger partial charge in [-0.2, -0.15) is 5.10 Å². The summed E-state index contributed by atoms with van der Waals surface area (Å²) in [5.41, 5.74) is 0.328. The molecule has 3 aromatic rings. The average molecular weight is 383 g/mol. The third-order valence-corrected chi connectivity index (χ3v) is 5.07. The van der Waals surface area contributed by atoms with Crippen molar-refractivity contribution in [2.75, 3.05) is 5.32 Å². The van der Waals surface area contributed by atoms with Crippen molar-refractivity contribution in [3.8, 4) is 0 Å². The molecule has 0 bridgehead atoms. The maximum Gasteiger partial charge on any atom is 0.319 e. The van der Waals surface area contributed by atoms with Crippen LogP contribution in [0.4, 0.5) is 19.3 Å². The minimum atomic E-state index is -1.03. The molecule has 28 heavy (non-hydrogen) atoms. The number of hydrogen-bond donors (Lipinski definition) is 2. The Morgan fingerprint density at radius 1 is 1.11 bits per heavy atom. The SMILES string of the molecule is O=C(Nc1ccccc1Cn1cncn1)NC1(c2c(F)cccc2F)CCC1. The van der Waals surface area contributed by atoms with Crippen LogP contribution in [0.3, 0.4) is 0 Å². The molecule has 0 aliphatic heterocycles. The first kappa shape index (κ1) is 18.1. The van der Waals surface area contributed by atoms with Gasteiger partial charge in [-0.15, -0.1) is 0 Å². The highest BCUT2D eigenvalue weighted by Gasteiger charge is 2.44. The molecule has 6 nitrogen and oxygen atoms in total. The van der Waals surface area contributed by atoms with E-state index in [-0.39, 0.29) is 5.56 Å². The number of amides is 2. The number of carbonyl (C=O) groups excluding carboxylic acids is 1. The lowest BCUT2D eigenvalue weighted by Crippen LogP contribution is -2.53. The van der Waals surface area contributed by atoms with E-state index in [1.807, 2.05) is 12.1 Å². The highest BCUT2D eigenvalue weighted by Crippen LogP contribution is 2.43.